The molecule has 3 atom stereocenters. The van der Waals surface area contributed by atoms with Gasteiger partial charge in [-0.1, -0.05) is 36.4 Å². The van der Waals surface area contributed by atoms with E-state index in [0.717, 1.165) is 10.5 Å². The zero-order valence-corrected chi connectivity index (χ0v) is 20.7. The average Bonchev–Trinajstić information content (AvgIpc) is 3.26. The highest BCUT2D eigenvalue weighted by molar-refractivity contribution is 5.91. The van der Waals surface area contributed by atoms with Crippen molar-refractivity contribution < 1.29 is 27.6 Å². The van der Waals surface area contributed by atoms with Gasteiger partial charge in [0.25, 0.3) is 0 Å². The van der Waals surface area contributed by atoms with Crippen LogP contribution in [0, 0.1) is 0 Å². The lowest BCUT2D eigenvalue weighted by atomic mass is 9.77. The molecule has 2 unspecified atom stereocenters. The molecule has 37 heavy (non-hydrogen) atoms. The van der Waals surface area contributed by atoms with Crippen molar-refractivity contribution in [3.63, 3.8) is 0 Å². The molecule has 0 radical (unpaired) electrons. The summed E-state index contributed by atoms with van der Waals surface area (Å²) in [6.07, 6.45) is -0.413. The minimum Gasteiger partial charge on any atom is -0.342 e. The Morgan fingerprint density at radius 1 is 1.14 bits per heavy atom. The Labute approximate surface area is 213 Å². The number of hydrogen-bond donors (Lipinski definition) is 2. The van der Waals surface area contributed by atoms with Crippen molar-refractivity contribution in [3.8, 4) is 0 Å². The fourth-order valence-corrected chi connectivity index (χ4v) is 4.66. The van der Waals surface area contributed by atoms with Crippen LogP contribution in [0.25, 0.3) is 0 Å². The number of nitrogens with one attached hydrogen (secondary N) is 2. The highest BCUT2D eigenvalue weighted by atomic mass is 19.3. The predicted octanol–water partition coefficient (Wildman–Crippen LogP) is 3.01. The van der Waals surface area contributed by atoms with E-state index in [0.29, 0.717) is 11.3 Å². The molecule has 8 nitrogen and oxygen atoms in total. The van der Waals surface area contributed by atoms with E-state index in [4.69, 9.17) is 0 Å². The molecular formula is C26H30F3N5O3. The number of nitrogens with zero attached hydrogens (tertiary/aromatic N) is 3. The van der Waals surface area contributed by atoms with Gasteiger partial charge in [-0.2, -0.15) is 0 Å². The maximum atomic E-state index is 14.3. The van der Waals surface area contributed by atoms with Crippen LogP contribution < -0.4 is 10.6 Å². The Morgan fingerprint density at radius 2 is 1.84 bits per heavy atom. The maximum absolute atomic E-state index is 14.3. The van der Waals surface area contributed by atoms with Gasteiger partial charge in [0, 0.05) is 39.6 Å². The number of carbonyl (C=O) groups is 3. The summed E-state index contributed by atoms with van der Waals surface area (Å²) in [6.45, 7) is -0.609. The molecule has 2 heterocycles. The van der Waals surface area contributed by atoms with Crippen molar-refractivity contribution in [3.05, 3.63) is 65.5 Å². The van der Waals surface area contributed by atoms with Crippen LogP contribution in [0.15, 0.2) is 48.7 Å². The Morgan fingerprint density at radius 3 is 2.43 bits per heavy atom. The smallest absolute Gasteiger partial charge is 0.317 e. The number of likely N-dealkylation sites (tertiary alicyclic amines) is 1. The van der Waals surface area contributed by atoms with Crippen LogP contribution in [0.5, 0.6) is 0 Å². The van der Waals surface area contributed by atoms with E-state index in [1.807, 2.05) is 6.07 Å². The highest BCUT2D eigenvalue weighted by Crippen LogP contribution is 2.48. The summed E-state index contributed by atoms with van der Waals surface area (Å²) >= 11 is 0. The fourth-order valence-electron chi connectivity index (χ4n) is 4.66. The van der Waals surface area contributed by atoms with E-state index in [9.17, 15) is 27.6 Å². The van der Waals surface area contributed by atoms with Crippen molar-refractivity contribution in [1.29, 1.82) is 0 Å². The monoisotopic (exact) mass is 517 g/mol. The molecule has 198 valence electrons. The average molecular weight is 518 g/mol. The van der Waals surface area contributed by atoms with E-state index in [-0.39, 0.29) is 38.3 Å². The quantitative estimate of drug-likeness (QED) is 0.591. The van der Waals surface area contributed by atoms with Crippen LogP contribution in [-0.4, -0.2) is 78.0 Å². The topological polar surface area (TPSA) is 94.6 Å². The summed E-state index contributed by atoms with van der Waals surface area (Å²) in [7, 11) is 3.05. The molecule has 2 N–H and O–H groups in total. The Bertz CT molecular complexity index is 1120. The molecule has 2 aliphatic rings. The summed E-state index contributed by atoms with van der Waals surface area (Å²) in [6, 6.07) is 10.2. The molecule has 0 spiro atoms. The Balaban J connectivity index is 1.50. The van der Waals surface area contributed by atoms with Gasteiger partial charge in [0.05, 0.1) is 24.8 Å². The summed E-state index contributed by atoms with van der Waals surface area (Å²) < 4.78 is 40.9. The van der Waals surface area contributed by atoms with Gasteiger partial charge < -0.3 is 20.4 Å². The van der Waals surface area contributed by atoms with Gasteiger partial charge in [-0.25, -0.2) is 18.0 Å². The van der Waals surface area contributed by atoms with Gasteiger partial charge in [-0.15, -0.1) is 0 Å². The molecule has 1 saturated carbocycles. The highest BCUT2D eigenvalue weighted by Gasteiger charge is 2.46. The van der Waals surface area contributed by atoms with Crippen LogP contribution in [0.3, 0.4) is 0 Å². The first-order valence-corrected chi connectivity index (χ1v) is 12.1. The second-order valence-corrected chi connectivity index (χ2v) is 9.78. The molecule has 4 rings (SSSR count). The molecule has 2 aromatic rings. The number of halogens is 3. The molecule has 0 bridgehead atoms. The summed E-state index contributed by atoms with van der Waals surface area (Å²) in [5, 5.41) is 5.33. The Hall–Kier alpha value is -3.63. The second-order valence-electron chi connectivity index (χ2n) is 9.78. The number of aromatic nitrogens is 1. The third kappa shape index (κ3) is 6.20. The standard InChI is InChI=1S/C26H30F3N5O3/c1-33(2)25(37)31-14-22(35)34-15-19(27)10-21(34)24(36)32-23(16-6-4-3-5-7-16)20-9-8-17(13-30-20)18-11-26(28,29)12-18/h3-9,13,18-19,21,23H,10-12,14-15H2,1-2H3,(H,31,37)(H,32,36)/t19?,21?,23-/m0/s1. The van der Waals surface area contributed by atoms with E-state index >= 15 is 0 Å². The van der Waals surface area contributed by atoms with E-state index in [1.54, 1.807) is 42.6 Å². The van der Waals surface area contributed by atoms with E-state index in [2.05, 4.69) is 15.6 Å². The van der Waals surface area contributed by atoms with Gasteiger partial charge in [-0.3, -0.25) is 14.6 Å². The van der Waals surface area contributed by atoms with Crippen molar-refractivity contribution in [1.82, 2.24) is 25.4 Å². The lowest BCUT2D eigenvalue weighted by Gasteiger charge is -2.35. The predicted molar refractivity (Wildman–Crippen MR) is 130 cm³/mol. The SMILES string of the molecule is CN(C)C(=O)NCC(=O)N1CC(F)CC1C(=O)N[C@@H](c1ccccc1)c1ccc(C2CC(F)(F)C2)cn1. The van der Waals surface area contributed by atoms with Gasteiger partial charge in [0.2, 0.25) is 17.7 Å². The number of benzene rings is 1. The minimum absolute atomic E-state index is 0.164. The molecule has 1 aromatic heterocycles. The largest absolute Gasteiger partial charge is 0.342 e. The molecule has 11 heteroatoms. The minimum atomic E-state index is -2.64. The molecule has 2 fully saturated rings. The number of hydrogen-bond acceptors (Lipinski definition) is 4. The lowest BCUT2D eigenvalue weighted by Crippen LogP contribution is -2.50. The molecule has 1 aliphatic carbocycles. The van der Waals surface area contributed by atoms with Crippen molar-refractivity contribution in [2.75, 3.05) is 27.2 Å². The van der Waals surface area contributed by atoms with E-state index < -0.39 is 42.0 Å². The number of amides is 4. The van der Waals surface area contributed by atoms with Crippen LogP contribution in [0.1, 0.15) is 48.0 Å². The zero-order valence-electron chi connectivity index (χ0n) is 20.7. The number of rotatable bonds is 7. The van der Waals surface area contributed by atoms with Crippen molar-refractivity contribution in [2.24, 2.45) is 0 Å². The first kappa shape index (κ1) is 26.4. The number of carbonyl (C=O) groups excluding carboxylic acids is 3. The third-order valence-electron chi connectivity index (χ3n) is 6.76. The van der Waals surface area contributed by atoms with Gasteiger partial charge in [0.1, 0.15) is 12.2 Å². The van der Waals surface area contributed by atoms with Crippen LogP contribution >= 0.6 is 0 Å². The van der Waals surface area contributed by atoms with Crippen molar-refractivity contribution in [2.45, 2.75) is 49.4 Å². The van der Waals surface area contributed by atoms with Crippen LogP contribution in [0.4, 0.5) is 18.0 Å². The summed E-state index contributed by atoms with van der Waals surface area (Å²) in [4.78, 5) is 44.7. The number of alkyl halides is 3. The van der Waals surface area contributed by atoms with Gasteiger partial charge in [0.15, 0.2) is 0 Å². The molecule has 1 aliphatic heterocycles. The lowest BCUT2D eigenvalue weighted by molar-refractivity contribution is -0.137. The third-order valence-corrected chi connectivity index (χ3v) is 6.76. The molecule has 1 saturated heterocycles. The first-order valence-electron chi connectivity index (χ1n) is 12.1. The molecular weight excluding hydrogens is 487 g/mol. The normalized spacial score (nSPS) is 21.6. The van der Waals surface area contributed by atoms with Crippen LogP contribution in [-0.2, 0) is 9.59 Å². The zero-order chi connectivity index (χ0) is 26.7. The molecule has 1 aromatic carbocycles. The van der Waals surface area contributed by atoms with Gasteiger partial charge in [-0.05, 0) is 23.1 Å². The van der Waals surface area contributed by atoms with E-state index in [1.165, 1.54) is 19.0 Å². The summed E-state index contributed by atoms with van der Waals surface area (Å²) in [5.74, 6) is -4.01. The number of pyridine rings is 1. The Kier molecular flexibility index (Phi) is 7.70. The maximum Gasteiger partial charge on any atom is 0.317 e. The second kappa shape index (κ2) is 10.8. The van der Waals surface area contributed by atoms with Crippen molar-refractivity contribution >= 4 is 17.8 Å². The first-order chi connectivity index (χ1) is 17.5. The molecule has 4 amide bonds. The fraction of sp³-hybridized carbons (Fsp3) is 0.462. The summed E-state index contributed by atoms with van der Waals surface area (Å²) in [5.41, 5.74) is 1.91. The van der Waals surface area contributed by atoms with Gasteiger partial charge >= 0.3 is 6.03 Å². The van der Waals surface area contributed by atoms with Crippen LogP contribution in [0.2, 0.25) is 0 Å². The number of urea groups is 1.